The fraction of sp³-hybridized carbons (Fsp3) is 0.235. The first-order valence-corrected chi connectivity index (χ1v) is 7.82. The summed E-state index contributed by atoms with van der Waals surface area (Å²) in [4.78, 5) is 14.7. The number of hydrogen-bond acceptors (Lipinski definition) is 2. The standard InChI is InChI=1S/C17H17BrN2O/c1-11-4-2-5-12-6-3-9-20(16(11)12)17(21)13-7-8-14(18)15(19)10-13/h2,4-5,7-8,10H,3,6,9,19H2,1H3. The lowest BCUT2D eigenvalue weighted by Gasteiger charge is -2.31. The topological polar surface area (TPSA) is 46.3 Å². The third-order valence-corrected chi connectivity index (χ3v) is 4.63. The number of aryl methyl sites for hydroxylation is 2. The maximum atomic E-state index is 12.8. The Balaban J connectivity index is 2.02. The predicted octanol–water partition coefficient (Wildman–Crippen LogP) is 3.93. The second-order valence-electron chi connectivity index (χ2n) is 5.38. The first-order chi connectivity index (χ1) is 10.1. The number of para-hydroxylation sites is 1. The molecule has 2 N–H and O–H groups in total. The highest BCUT2D eigenvalue weighted by molar-refractivity contribution is 9.10. The van der Waals surface area contributed by atoms with Crippen molar-refractivity contribution >= 4 is 33.2 Å². The van der Waals surface area contributed by atoms with Gasteiger partial charge in [-0.25, -0.2) is 0 Å². The van der Waals surface area contributed by atoms with Crippen LogP contribution in [-0.2, 0) is 6.42 Å². The van der Waals surface area contributed by atoms with E-state index in [2.05, 4.69) is 41.1 Å². The fourth-order valence-corrected chi connectivity index (χ4v) is 3.13. The lowest BCUT2D eigenvalue weighted by Crippen LogP contribution is -2.36. The minimum Gasteiger partial charge on any atom is -0.398 e. The zero-order valence-corrected chi connectivity index (χ0v) is 13.5. The zero-order chi connectivity index (χ0) is 15.0. The summed E-state index contributed by atoms with van der Waals surface area (Å²) in [7, 11) is 0. The number of carbonyl (C=O) groups is 1. The van der Waals surface area contributed by atoms with Crippen LogP contribution in [0.5, 0.6) is 0 Å². The molecule has 1 aliphatic rings. The summed E-state index contributed by atoms with van der Waals surface area (Å²) in [5, 5.41) is 0. The molecule has 1 amide bonds. The zero-order valence-electron chi connectivity index (χ0n) is 11.9. The monoisotopic (exact) mass is 344 g/mol. The van der Waals surface area contributed by atoms with Gasteiger partial charge in [-0.2, -0.15) is 0 Å². The molecule has 2 aromatic carbocycles. The van der Waals surface area contributed by atoms with Gasteiger partial charge in [0.25, 0.3) is 5.91 Å². The molecule has 0 saturated carbocycles. The second-order valence-corrected chi connectivity index (χ2v) is 6.23. The minimum absolute atomic E-state index is 0.0180. The van der Waals surface area contributed by atoms with Crippen LogP contribution in [-0.4, -0.2) is 12.5 Å². The minimum atomic E-state index is 0.0180. The number of anilines is 2. The summed E-state index contributed by atoms with van der Waals surface area (Å²) in [5.74, 6) is 0.0180. The molecule has 0 aromatic heterocycles. The molecule has 4 heteroatoms. The van der Waals surface area contributed by atoms with Gasteiger partial charge in [-0.3, -0.25) is 4.79 Å². The largest absolute Gasteiger partial charge is 0.398 e. The highest BCUT2D eigenvalue weighted by atomic mass is 79.9. The van der Waals surface area contributed by atoms with Crippen LogP contribution < -0.4 is 10.6 Å². The molecular weight excluding hydrogens is 328 g/mol. The molecular formula is C17H17BrN2O. The quantitative estimate of drug-likeness (QED) is 0.796. The highest BCUT2D eigenvalue weighted by Crippen LogP contribution is 2.32. The van der Waals surface area contributed by atoms with E-state index in [0.29, 0.717) is 11.3 Å². The van der Waals surface area contributed by atoms with Gasteiger partial charge in [0.05, 0.1) is 5.69 Å². The number of carbonyl (C=O) groups excluding carboxylic acids is 1. The van der Waals surface area contributed by atoms with Crippen molar-refractivity contribution in [3.05, 3.63) is 57.6 Å². The van der Waals surface area contributed by atoms with Gasteiger partial charge in [-0.15, -0.1) is 0 Å². The van der Waals surface area contributed by atoms with Gasteiger partial charge in [0.1, 0.15) is 0 Å². The molecule has 3 rings (SSSR count). The molecule has 0 saturated heterocycles. The van der Waals surface area contributed by atoms with Crippen LogP contribution in [0.1, 0.15) is 27.9 Å². The molecule has 0 spiro atoms. The number of nitrogens with two attached hydrogens (primary N) is 1. The molecule has 3 nitrogen and oxygen atoms in total. The Bertz CT molecular complexity index is 712. The summed E-state index contributed by atoms with van der Waals surface area (Å²) in [6.07, 6.45) is 2.03. The number of amides is 1. The molecule has 0 bridgehead atoms. The first-order valence-electron chi connectivity index (χ1n) is 7.03. The maximum absolute atomic E-state index is 12.8. The second kappa shape index (κ2) is 5.53. The van der Waals surface area contributed by atoms with Crippen LogP contribution in [0.25, 0.3) is 0 Å². The molecule has 0 atom stereocenters. The number of fused-ring (bicyclic) bond motifs is 1. The molecule has 0 unspecified atom stereocenters. The molecule has 1 aliphatic heterocycles. The fourth-order valence-electron chi connectivity index (χ4n) is 2.88. The Kier molecular flexibility index (Phi) is 3.72. The Morgan fingerprint density at radius 1 is 1.29 bits per heavy atom. The number of nitrogens with zero attached hydrogens (tertiary/aromatic N) is 1. The number of hydrogen-bond donors (Lipinski definition) is 1. The number of halogens is 1. The van der Waals surface area contributed by atoms with E-state index >= 15 is 0 Å². The van der Waals surface area contributed by atoms with Gasteiger partial charge >= 0.3 is 0 Å². The van der Waals surface area contributed by atoms with E-state index in [9.17, 15) is 4.79 Å². The lowest BCUT2D eigenvalue weighted by molar-refractivity contribution is 0.0985. The van der Waals surface area contributed by atoms with E-state index in [0.717, 1.165) is 35.1 Å². The highest BCUT2D eigenvalue weighted by Gasteiger charge is 2.25. The van der Waals surface area contributed by atoms with E-state index in [4.69, 9.17) is 5.73 Å². The Hall–Kier alpha value is -1.81. The third kappa shape index (κ3) is 2.56. The molecule has 0 fully saturated rings. The summed E-state index contributed by atoms with van der Waals surface area (Å²) >= 11 is 3.36. The smallest absolute Gasteiger partial charge is 0.258 e. The van der Waals surface area contributed by atoms with Gasteiger partial charge < -0.3 is 10.6 Å². The number of benzene rings is 2. The van der Waals surface area contributed by atoms with Crippen molar-refractivity contribution in [2.75, 3.05) is 17.2 Å². The first kappa shape index (κ1) is 14.1. The molecule has 108 valence electrons. The molecule has 2 aromatic rings. The van der Waals surface area contributed by atoms with Crippen LogP contribution in [0.15, 0.2) is 40.9 Å². The van der Waals surface area contributed by atoms with E-state index in [1.807, 2.05) is 17.0 Å². The number of nitrogen functional groups attached to an aromatic ring is 1. The van der Waals surface area contributed by atoms with Crippen LogP contribution in [0.2, 0.25) is 0 Å². The Morgan fingerprint density at radius 2 is 2.10 bits per heavy atom. The molecule has 0 aliphatic carbocycles. The van der Waals surface area contributed by atoms with Crippen LogP contribution in [0.3, 0.4) is 0 Å². The van der Waals surface area contributed by atoms with E-state index in [1.165, 1.54) is 5.56 Å². The maximum Gasteiger partial charge on any atom is 0.258 e. The van der Waals surface area contributed by atoms with Crippen molar-refractivity contribution in [3.8, 4) is 0 Å². The molecule has 21 heavy (non-hydrogen) atoms. The van der Waals surface area contributed by atoms with Gasteiger partial charge in [0, 0.05) is 22.3 Å². The SMILES string of the molecule is Cc1cccc2c1N(C(=O)c1ccc(Br)c(N)c1)CCC2. The molecule has 0 radical (unpaired) electrons. The summed E-state index contributed by atoms with van der Waals surface area (Å²) in [6, 6.07) is 11.6. The van der Waals surface area contributed by atoms with Gasteiger partial charge in [-0.05, 0) is 65.0 Å². The van der Waals surface area contributed by atoms with Gasteiger partial charge in [0.2, 0.25) is 0 Å². The van der Waals surface area contributed by atoms with Crippen LogP contribution >= 0.6 is 15.9 Å². The normalized spacial score (nSPS) is 13.9. The van der Waals surface area contributed by atoms with Crippen LogP contribution in [0, 0.1) is 6.92 Å². The summed E-state index contributed by atoms with van der Waals surface area (Å²) in [5.41, 5.74) is 10.6. The van der Waals surface area contributed by atoms with Crippen molar-refractivity contribution < 1.29 is 4.79 Å². The summed E-state index contributed by atoms with van der Waals surface area (Å²) in [6.45, 7) is 2.81. The summed E-state index contributed by atoms with van der Waals surface area (Å²) < 4.78 is 0.814. The van der Waals surface area contributed by atoms with Crippen molar-refractivity contribution in [3.63, 3.8) is 0 Å². The lowest BCUT2D eigenvalue weighted by atomic mass is 9.97. The van der Waals surface area contributed by atoms with Crippen molar-refractivity contribution in [1.29, 1.82) is 0 Å². The predicted molar refractivity (Wildman–Crippen MR) is 89.7 cm³/mol. The Morgan fingerprint density at radius 3 is 2.86 bits per heavy atom. The van der Waals surface area contributed by atoms with Crippen molar-refractivity contribution in [2.24, 2.45) is 0 Å². The van der Waals surface area contributed by atoms with Gasteiger partial charge in [0.15, 0.2) is 0 Å². The Labute approximate surface area is 132 Å². The van der Waals surface area contributed by atoms with E-state index in [-0.39, 0.29) is 5.91 Å². The third-order valence-electron chi connectivity index (χ3n) is 3.91. The van der Waals surface area contributed by atoms with Crippen molar-refractivity contribution in [2.45, 2.75) is 19.8 Å². The molecule has 1 heterocycles. The van der Waals surface area contributed by atoms with E-state index < -0.39 is 0 Å². The number of rotatable bonds is 1. The van der Waals surface area contributed by atoms with E-state index in [1.54, 1.807) is 6.07 Å². The average Bonchev–Trinajstić information content (AvgIpc) is 2.49. The van der Waals surface area contributed by atoms with Crippen molar-refractivity contribution in [1.82, 2.24) is 0 Å². The van der Waals surface area contributed by atoms with Gasteiger partial charge in [-0.1, -0.05) is 18.2 Å². The van der Waals surface area contributed by atoms with Crippen LogP contribution in [0.4, 0.5) is 11.4 Å². The average molecular weight is 345 g/mol.